The van der Waals surface area contributed by atoms with Gasteiger partial charge in [-0.2, -0.15) is 24.5 Å². The van der Waals surface area contributed by atoms with Crippen LogP contribution in [0.1, 0.15) is 21.5 Å². The molecule has 0 saturated heterocycles. The number of rotatable bonds is 7. The van der Waals surface area contributed by atoms with E-state index < -0.39 is 42.7 Å². The first-order valence-corrected chi connectivity index (χ1v) is 8.97. The number of alkyl halides is 3. The largest absolute Gasteiger partial charge is 0.454 e. The van der Waals surface area contributed by atoms with E-state index in [2.05, 4.69) is 5.32 Å². The predicted octanol–water partition coefficient (Wildman–Crippen LogP) is 2.70. The zero-order valence-electron chi connectivity index (χ0n) is 14.8. The van der Waals surface area contributed by atoms with Crippen LogP contribution in [0.4, 0.5) is 13.2 Å². The van der Waals surface area contributed by atoms with E-state index in [4.69, 9.17) is 4.74 Å². The van der Waals surface area contributed by atoms with E-state index in [1.807, 2.05) is 16.8 Å². The van der Waals surface area contributed by atoms with Gasteiger partial charge in [0.15, 0.2) is 6.61 Å². The SMILES string of the molecule is CN(Cc1ccsc1)C(=O)COC(=O)CNC(=O)c1ccc(C(F)(F)F)cc1. The van der Waals surface area contributed by atoms with Crippen LogP contribution in [0, 0.1) is 0 Å². The van der Waals surface area contributed by atoms with Gasteiger partial charge in [-0.25, -0.2) is 0 Å². The smallest absolute Gasteiger partial charge is 0.416 e. The fourth-order valence-corrected chi connectivity index (χ4v) is 2.77. The highest BCUT2D eigenvalue weighted by molar-refractivity contribution is 7.07. The Morgan fingerprint density at radius 3 is 2.39 bits per heavy atom. The lowest BCUT2D eigenvalue weighted by Gasteiger charge is -2.16. The summed E-state index contributed by atoms with van der Waals surface area (Å²) in [4.78, 5) is 36.8. The van der Waals surface area contributed by atoms with Crippen LogP contribution in [-0.2, 0) is 27.0 Å². The first kappa shape index (κ1) is 21.4. The normalized spacial score (nSPS) is 11.0. The zero-order chi connectivity index (χ0) is 20.7. The Labute approximate surface area is 162 Å². The van der Waals surface area contributed by atoms with Gasteiger partial charge in [-0.3, -0.25) is 14.4 Å². The van der Waals surface area contributed by atoms with E-state index >= 15 is 0 Å². The molecule has 0 aliphatic heterocycles. The maximum Gasteiger partial charge on any atom is 0.416 e. The van der Waals surface area contributed by atoms with Gasteiger partial charge in [0.05, 0.1) is 5.56 Å². The topological polar surface area (TPSA) is 75.7 Å². The van der Waals surface area contributed by atoms with Crippen LogP contribution in [0.3, 0.4) is 0 Å². The molecule has 0 spiro atoms. The standard InChI is InChI=1S/C18H17F3N2O4S/c1-23(9-12-6-7-28-11-12)15(24)10-27-16(25)8-22-17(26)13-2-4-14(5-3-13)18(19,20)21/h2-7,11H,8-10H2,1H3,(H,22,26). The Hall–Kier alpha value is -2.88. The number of hydrogen-bond donors (Lipinski definition) is 1. The average Bonchev–Trinajstić information content (AvgIpc) is 3.16. The van der Waals surface area contributed by atoms with Gasteiger partial charge in [0.1, 0.15) is 6.54 Å². The van der Waals surface area contributed by atoms with E-state index in [-0.39, 0.29) is 5.56 Å². The number of likely N-dealkylation sites (N-methyl/N-ethyl adjacent to an activating group) is 1. The number of halogens is 3. The number of esters is 1. The Bertz CT molecular complexity index is 820. The molecule has 2 rings (SSSR count). The van der Waals surface area contributed by atoms with Crippen molar-refractivity contribution in [3.05, 3.63) is 57.8 Å². The summed E-state index contributed by atoms with van der Waals surface area (Å²) in [5, 5.41) is 6.01. The van der Waals surface area contributed by atoms with E-state index in [1.165, 1.54) is 16.2 Å². The van der Waals surface area contributed by atoms with Gasteiger partial charge in [0.25, 0.3) is 11.8 Å². The number of hydrogen-bond acceptors (Lipinski definition) is 5. The minimum absolute atomic E-state index is 0.0348. The number of ether oxygens (including phenoxy) is 1. The number of benzene rings is 1. The molecular weight excluding hydrogens is 397 g/mol. The second kappa shape index (κ2) is 9.36. The summed E-state index contributed by atoms with van der Waals surface area (Å²) in [6.07, 6.45) is -4.50. The molecule has 0 atom stereocenters. The Kier molecular flexibility index (Phi) is 7.16. The van der Waals surface area contributed by atoms with Gasteiger partial charge in [-0.1, -0.05) is 0 Å². The van der Waals surface area contributed by atoms with Crippen LogP contribution in [0.5, 0.6) is 0 Å². The number of nitrogens with one attached hydrogen (secondary N) is 1. The summed E-state index contributed by atoms with van der Waals surface area (Å²) in [6, 6.07) is 5.43. The van der Waals surface area contributed by atoms with E-state index in [0.717, 1.165) is 29.8 Å². The lowest BCUT2D eigenvalue weighted by atomic mass is 10.1. The van der Waals surface area contributed by atoms with Crippen molar-refractivity contribution in [3.8, 4) is 0 Å². The molecule has 2 amide bonds. The average molecular weight is 414 g/mol. The molecule has 0 bridgehead atoms. The zero-order valence-corrected chi connectivity index (χ0v) is 15.6. The van der Waals surface area contributed by atoms with Gasteiger partial charge in [0, 0.05) is 19.2 Å². The summed E-state index contributed by atoms with van der Waals surface area (Å²) in [6.45, 7) is -0.610. The highest BCUT2D eigenvalue weighted by Gasteiger charge is 2.30. The van der Waals surface area contributed by atoms with E-state index in [0.29, 0.717) is 6.54 Å². The third kappa shape index (κ3) is 6.38. The molecule has 1 heterocycles. The molecule has 1 aromatic heterocycles. The number of nitrogens with zero attached hydrogens (tertiary/aromatic N) is 1. The first-order valence-electron chi connectivity index (χ1n) is 8.03. The molecule has 0 radical (unpaired) electrons. The van der Waals surface area contributed by atoms with Crippen molar-refractivity contribution in [1.82, 2.24) is 10.2 Å². The van der Waals surface area contributed by atoms with E-state index in [9.17, 15) is 27.6 Å². The number of carbonyl (C=O) groups excluding carboxylic acids is 3. The molecule has 150 valence electrons. The van der Waals surface area contributed by atoms with Crippen LogP contribution >= 0.6 is 11.3 Å². The van der Waals surface area contributed by atoms with Gasteiger partial charge in [-0.15, -0.1) is 0 Å². The molecule has 0 aliphatic carbocycles. The predicted molar refractivity (Wildman–Crippen MR) is 95.5 cm³/mol. The summed E-state index contributed by atoms with van der Waals surface area (Å²) in [7, 11) is 1.57. The summed E-state index contributed by atoms with van der Waals surface area (Å²) < 4.78 is 42.3. The summed E-state index contributed by atoms with van der Waals surface area (Å²) in [5.74, 6) is -1.97. The lowest BCUT2D eigenvalue weighted by Crippen LogP contribution is -2.34. The summed E-state index contributed by atoms with van der Waals surface area (Å²) in [5.41, 5.74) is 0.0388. The first-order chi connectivity index (χ1) is 13.2. The highest BCUT2D eigenvalue weighted by atomic mass is 32.1. The molecule has 0 fully saturated rings. The number of amides is 2. The van der Waals surface area contributed by atoms with Crippen LogP contribution in [0.25, 0.3) is 0 Å². The molecule has 10 heteroatoms. The monoisotopic (exact) mass is 414 g/mol. The fraction of sp³-hybridized carbons (Fsp3) is 0.278. The molecule has 0 saturated carbocycles. The number of carbonyl (C=O) groups is 3. The molecule has 28 heavy (non-hydrogen) atoms. The van der Waals surface area contributed by atoms with Crippen molar-refractivity contribution in [2.24, 2.45) is 0 Å². The minimum Gasteiger partial charge on any atom is -0.454 e. The maximum atomic E-state index is 12.5. The van der Waals surface area contributed by atoms with Crippen LogP contribution in [0.15, 0.2) is 41.1 Å². The third-order valence-corrected chi connectivity index (χ3v) is 4.38. The van der Waals surface area contributed by atoms with Crippen molar-refractivity contribution in [2.75, 3.05) is 20.2 Å². The van der Waals surface area contributed by atoms with Crippen molar-refractivity contribution in [3.63, 3.8) is 0 Å². The highest BCUT2D eigenvalue weighted by Crippen LogP contribution is 2.29. The van der Waals surface area contributed by atoms with Crippen LogP contribution in [0.2, 0.25) is 0 Å². The number of thiophene rings is 1. The Morgan fingerprint density at radius 1 is 1.14 bits per heavy atom. The molecule has 6 nitrogen and oxygen atoms in total. The third-order valence-electron chi connectivity index (χ3n) is 3.65. The van der Waals surface area contributed by atoms with Crippen LogP contribution in [-0.4, -0.2) is 42.9 Å². The molecular formula is C18H17F3N2O4S. The second-order valence-electron chi connectivity index (χ2n) is 5.80. The molecule has 1 N–H and O–H groups in total. The molecule has 2 aromatic rings. The quantitative estimate of drug-likeness (QED) is 0.707. The second-order valence-corrected chi connectivity index (χ2v) is 6.58. The van der Waals surface area contributed by atoms with Gasteiger partial charge >= 0.3 is 12.1 Å². The van der Waals surface area contributed by atoms with Gasteiger partial charge < -0.3 is 15.0 Å². The van der Waals surface area contributed by atoms with Gasteiger partial charge in [-0.05, 0) is 46.7 Å². The van der Waals surface area contributed by atoms with E-state index in [1.54, 1.807) is 7.05 Å². The molecule has 0 unspecified atom stereocenters. The van der Waals surface area contributed by atoms with Crippen LogP contribution < -0.4 is 5.32 Å². The van der Waals surface area contributed by atoms with Crippen molar-refractivity contribution in [2.45, 2.75) is 12.7 Å². The lowest BCUT2D eigenvalue weighted by molar-refractivity contribution is -0.150. The summed E-state index contributed by atoms with van der Waals surface area (Å²) >= 11 is 1.50. The maximum absolute atomic E-state index is 12.5. The van der Waals surface area contributed by atoms with Crippen molar-refractivity contribution >= 4 is 29.1 Å². The Morgan fingerprint density at radius 2 is 1.82 bits per heavy atom. The molecule has 1 aromatic carbocycles. The minimum atomic E-state index is -4.50. The fourth-order valence-electron chi connectivity index (χ4n) is 2.11. The van der Waals surface area contributed by atoms with Gasteiger partial charge in [0.2, 0.25) is 0 Å². The Balaban J connectivity index is 1.74. The van der Waals surface area contributed by atoms with Crippen molar-refractivity contribution < 1.29 is 32.3 Å². The molecule has 0 aliphatic rings. The van der Waals surface area contributed by atoms with Crippen molar-refractivity contribution in [1.29, 1.82) is 0 Å².